The molecule has 0 atom stereocenters. The Morgan fingerprint density at radius 2 is 0.557 bits per heavy atom. The number of aromatic nitrogens is 2. The zero-order valence-electron chi connectivity index (χ0n) is 57.7. The van der Waals surface area contributed by atoms with Crippen LogP contribution in [0.5, 0.6) is 0 Å². The molecule has 20 rings (SSSR count). The zero-order valence-corrected chi connectivity index (χ0v) is 58.5. The molecule has 0 aliphatic heterocycles. The standard InChI is InChI=1S/C100H66N4OS/c1-4-18-67(19-5-1)68-34-47-79(48-35-68)101(80-49-36-69(37-50-80)70-38-53-84(54-39-70)104-93-31-13-10-26-87(93)88-27-11-14-32-94(88)104)81-51-40-71(41-52-81)75-22-16-23-76(64-75)77-46-61-97-92(65-77)90-30-17-29-86(100(90)105-97)72-42-55-82(56-43-72)102(83-57-44-74(45-58-83)99-63-62-98(106-99)73-20-6-2-7-21-73)85-59-60-96-91(66-85)89-28-12-15-33-95(89)103(96)78-24-8-3-9-25-78/h1-66H. The third-order valence-corrected chi connectivity index (χ3v) is 22.2. The van der Waals surface area contributed by atoms with Gasteiger partial charge in [-0.1, -0.05) is 249 Å². The molecule has 0 aliphatic carbocycles. The van der Waals surface area contributed by atoms with Crippen molar-refractivity contribution in [2.75, 3.05) is 9.80 Å². The number of rotatable bonds is 15. The van der Waals surface area contributed by atoms with Crippen molar-refractivity contribution in [1.82, 2.24) is 9.13 Å². The number of hydrogen-bond acceptors (Lipinski definition) is 4. The molecule has 0 bridgehead atoms. The molecule has 0 saturated carbocycles. The van der Waals surface area contributed by atoms with Crippen LogP contribution in [0.2, 0.25) is 0 Å². The second-order valence-corrected chi connectivity index (χ2v) is 28.3. The van der Waals surface area contributed by atoms with Crippen LogP contribution in [0.25, 0.3) is 153 Å². The second kappa shape index (κ2) is 26.2. The fourth-order valence-corrected chi connectivity index (χ4v) is 16.8. The van der Waals surface area contributed by atoms with Crippen molar-refractivity contribution in [3.05, 3.63) is 400 Å². The van der Waals surface area contributed by atoms with Gasteiger partial charge >= 0.3 is 0 Å². The van der Waals surface area contributed by atoms with Crippen LogP contribution < -0.4 is 9.80 Å². The van der Waals surface area contributed by atoms with E-state index in [-0.39, 0.29) is 0 Å². The number of fused-ring (bicyclic) bond motifs is 9. The van der Waals surface area contributed by atoms with Crippen molar-refractivity contribution in [1.29, 1.82) is 0 Å². The molecule has 16 aromatic carbocycles. The van der Waals surface area contributed by atoms with Gasteiger partial charge in [-0.2, -0.15) is 0 Å². The average molecular weight is 1370 g/mol. The van der Waals surface area contributed by atoms with Gasteiger partial charge in [-0.05, 0) is 213 Å². The summed E-state index contributed by atoms with van der Waals surface area (Å²) in [5.74, 6) is 0. The lowest BCUT2D eigenvalue weighted by Gasteiger charge is -2.26. The van der Waals surface area contributed by atoms with E-state index in [9.17, 15) is 0 Å². The summed E-state index contributed by atoms with van der Waals surface area (Å²) in [5.41, 5.74) is 28.9. The van der Waals surface area contributed by atoms with E-state index in [4.69, 9.17) is 4.42 Å². The molecule has 0 N–H and O–H groups in total. The monoisotopic (exact) mass is 1370 g/mol. The van der Waals surface area contributed by atoms with Crippen LogP contribution in [0, 0.1) is 0 Å². The summed E-state index contributed by atoms with van der Waals surface area (Å²) >= 11 is 1.82. The molecular weight excluding hydrogens is 1310 g/mol. The molecule has 0 amide bonds. The van der Waals surface area contributed by atoms with Gasteiger partial charge in [0.25, 0.3) is 0 Å². The Balaban J connectivity index is 0.594. The third kappa shape index (κ3) is 11.1. The maximum atomic E-state index is 6.89. The Morgan fingerprint density at radius 3 is 1.10 bits per heavy atom. The molecule has 106 heavy (non-hydrogen) atoms. The Labute approximate surface area is 618 Å². The first-order valence-corrected chi connectivity index (χ1v) is 36.9. The minimum atomic E-state index is 0.853. The average Bonchev–Trinajstić information content (AvgIpc) is 1.60. The molecule has 20 aromatic rings. The Bertz CT molecular complexity index is 6580. The molecule has 498 valence electrons. The molecule has 0 fully saturated rings. The van der Waals surface area contributed by atoms with Crippen molar-refractivity contribution in [3.8, 4) is 87.9 Å². The van der Waals surface area contributed by atoms with E-state index in [0.717, 1.165) is 117 Å². The van der Waals surface area contributed by atoms with Crippen LogP contribution >= 0.6 is 11.3 Å². The predicted octanol–water partition coefficient (Wildman–Crippen LogP) is 28.5. The summed E-state index contributed by atoms with van der Waals surface area (Å²) in [4.78, 5) is 7.23. The highest BCUT2D eigenvalue weighted by Crippen LogP contribution is 2.46. The van der Waals surface area contributed by atoms with Crippen molar-refractivity contribution < 1.29 is 4.42 Å². The van der Waals surface area contributed by atoms with Crippen molar-refractivity contribution in [2.24, 2.45) is 0 Å². The van der Waals surface area contributed by atoms with Crippen molar-refractivity contribution in [2.45, 2.75) is 0 Å². The fourth-order valence-electron chi connectivity index (χ4n) is 15.8. The lowest BCUT2D eigenvalue weighted by atomic mass is 9.97. The van der Waals surface area contributed by atoms with Crippen LogP contribution in [0.1, 0.15) is 0 Å². The fraction of sp³-hybridized carbons (Fsp3) is 0. The predicted molar refractivity (Wildman–Crippen MR) is 448 cm³/mol. The van der Waals surface area contributed by atoms with Gasteiger partial charge in [-0.3, -0.25) is 0 Å². The topological polar surface area (TPSA) is 29.5 Å². The molecule has 4 aromatic heterocycles. The van der Waals surface area contributed by atoms with Gasteiger partial charge in [-0.15, -0.1) is 11.3 Å². The van der Waals surface area contributed by atoms with E-state index in [1.807, 2.05) is 11.3 Å². The molecule has 0 unspecified atom stereocenters. The van der Waals surface area contributed by atoms with Gasteiger partial charge in [0.05, 0.1) is 22.1 Å². The number of nitrogens with zero attached hydrogens (tertiary/aromatic N) is 4. The number of para-hydroxylation sites is 5. The molecule has 5 nitrogen and oxygen atoms in total. The maximum Gasteiger partial charge on any atom is 0.143 e. The first-order valence-electron chi connectivity index (χ1n) is 36.1. The van der Waals surface area contributed by atoms with Gasteiger partial charge in [0.1, 0.15) is 11.2 Å². The van der Waals surface area contributed by atoms with Crippen molar-refractivity contribution in [3.63, 3.8) is 0 Å². The SMILES string of the molecule is c1ccc(-c2ccc(N(c3ccc(-c4ccc(-n5c6ccccc6c6ccccc65)cc4)cc3)c3ccc(-c4cccc(-c5ccc6oc7c(-c8ccc(N(c9ccc(-c%10ccc(-c%11ccccc%11)s%10)cc9)c9ccc%10c(c9)c9ccccc9n%10-c9ccccc9)cc8)cccc7c6c5)c4)cc3)cc2)cc1. The molecule has 0 spiro atoms. The highest BCUT2D eigenvalue weighted by atomic mass is 32.1. The number of hydrogen-bond donors (Lipinski definition) is 0. The Kier molecular flexibility index (Phi) is 15.4. The van der Waals surface area contributed by atoms with Gasteiger partial charge in [0.15, 0.2) is 0 Å². The quantitative estimate of drug-likeness (QED) is 0.102. The highest BCUT2D eigenvalue weighted by molar-refractivity contribution is 7.18. The summed E-state index contributed by atoms with van der Waals surface area (Å²) in [6.07, 6.45) is 0. The second-order valence-electron chi connectivity index (χ2n) is 27.2. The van der Waals surface area contributed by atoms with E-state index in [0.29, 0.717) is 0 Å². The minimum Gasteiger partial charge on any atom is -0.455 e. The van der Waals surface area contributed by atoms with E-state index < -0.39 is 0 Å². The van der Waals surface area contributed by atoms with Crippen LogP contribution in [-0.4, -0.2) is 9.13 Å². The summed E-state index contributed by atoms with van der Waals surface area (Å²) in [6, 6.07) is 145. The number of furan rings is 1. The summed E-state index contributed by atoms with van der Waals surface area (Å²) in [5, 5.41) is 7.08. The highest BCUT2D eigenvalue weighted by Gasteiger charge is 2.22. The van der Waals surface area contributed by atoms with Gasteiger partial charge in [0.2, 0.25) is 0 Å². The number of thiophene rings is 1. The molecule has 4 heterocycles. The van der Waals surface area contributed by atoms with Gasteiger partial charge < -0.3 is 23.4 Å². The summed E-state index contributed by atoms with van der Waals surface area (Å²) in [6.45, 7) is 0. The smallest absolute Gasteiger partial charge is 0.143 e. The first-order chi connectivity index (χ1) is 52.5. The minimum absolute atomic E-state index is 0.853. The molecule has 0 saturated heterocycles. The van der Waals surface area contributed by atoms with Crippen LogP contribution in [0.3, 0.4) is 0 Å². The zero-order chi connectivity index (χ0) is 70.0. The van der Waals surface area contributed by atoms with Gasteiger partial charge in [0, 0.05) is 93.1 Å². The van der Waals surface area contributed by atoms with Gasteiger partial charge in [-0.25, -0.2) is 0 Å². The molecule has 0 aliphatic rings. The van der Waals surface area contributed by atoms with E-state index >= 15 is 0 Å². The van der Waals surface area contributed by atoms with Crippen LogP contribution in [-0.2, 0) is 0 Å². The Hall–Kier alpha value is -13.8. The first kappa shape index (κ1) is 62.0. The summed E-state index contributed by atoms with van der Waals surface area (Å²) < 4.78 is 11.6. The van der Waals surface area contributed by atoms with Crippen molar-refractivity contribution >= 4 is 111 Å². The number of anilines is 6. The van der Waals surface area contributed by atoms with Crippen LogP contribution in [0.4, 0.5) is 34.1 Å². The maximum absolute atomic E-state index is 6.89. The van der Waals surface area contributed by atoms with E-state index in [1.54, 1.807) is 0 Å². The van der Waals surface area contributed by atoms with E-state index in [2.05, 4.69) is 419 Å². The molecule has 6 heteroatoms. The summed E-state index contributed by atoms with van der Waals surface area (Å²) in [7, 11) is 0. The van der Waals surface area contributed by atoms with Crippen LogP contribution in [0.15, 0.2) is 405 Å². The lowest BCUT2D eigenvalue weighted by Crippen LogP contribution is -2.09. The largest absolute Gasteiger partial charge is 0.455 e. The lowest BCUT2D eigenvalue weighted by molar-refractivity contribution is 0.670. The van der Waals surface area contributed by atoms with E-state index in [1.165, 1.54) is 70.1 Å². The molecule has 0 radical (unpaired) electrons. The normalized spacial score (nSPS) is 11.6. The Morgan fingerprint density at radius 1 is 0.208 bits per heavy atom. The third-order valence-electron chi connectivity index (χ3n) is 21.0. The number of benzene rings is 16. The molecular formula is C100H66N4OS.